The number of benzene rings is 1. The standard InChI is InChI=1S/C11H10N4O3/c16-9-8(10(17)14-11(18)13-9)6-12-15-7-4-2-1-3-5-7/h1-6,15H,(H3,13,14,16,17,18). The van der Waals surface area contributed by atoms with E-state index >= 15 is 0 Å². The average Bonchev–Trinajstić information content (AvgIpc) is 2.34. The van der Waals surface area contributed by atoms with Crippen molar-refractivity contribution in [2.24, 2.45) is 5.10 Å². The maximum Gasteiger partial charge on any atom is 0.328 e. The first-order valence-corrected chi connectivity index (χ1v) is 5.06. The van der Waals surface area contributed by atoms with Gasteiger partial charge in [-0.05, 0) is 12.1 Å². The predicted octanol–water partition coefficient (Wildman–Crippen LogP) is 0.215. The van der Waals surface area contributed by atoms with Crippen molar-refractivity contribution in [3.05, 3.63) is 56.7 Å². The zero-order chi connectivity index (χ0) is 13.0. The second-order valence-electron chi connectivity index (χ2n) is 3.41. The van der Waals surface area contributed by atoms with Gasteiger partial charge >= 0.3 is 5.69 Å². The van der Waals surface area contributed by atoms with Gasteiger partial charge in [-0.3, -0.25) is 20.2 Å². The van der Waals surface area contributed by atoms with E-state index in [9.17, 15) is 14.7 Å². The minimum absolute atomic E-state index is 0.127. The zero-order valence-electron chi connectivity index (χ0n) is 9.18. The monoisotopic (exact) mass is 246 g/mol. The minimum Gasteiger partial charge on any atom is -0.494 e. The lowest BCUT2D eigenvalue weighted by atomic mass is 10.3. The van der Waals surface area contributed by atoms with Gasteiger partial charge in [-0.1, -0.05) is 18.2 Å². The highest BCUT2D eigenvalue weighted by molar-refractivity contribution is 5.82. The molecule has 2 aromatic rings. The number of nitrogens with one attached hydrogen (secondary N) is 3. The Kier molecular flexibility index (Phi) is 3.24. The van der Waals surface area contributed by atoms with Gasteiger partial charge in [0.25, 0.3) is 5.56 Å². The molecule has 1 aromatic heterocycles. The van der Waals surface area contributed by atoms with E-state index in [1.807, 2.05) is 23.2 Å². The highest BCUT2D eigenvalue weighted by Crippen LogP contribution is 2.05. The van der Waals surface area contributed by atoms with Crippen LogP contribution in [-0.2, 0) is 0 Å². The molecule has 0 amide bonds. The lowest BCUT2D eigenvalue weighted by Gasteiger charge is -1.99. The molecule has 18 heavy (non-hydrogen) atoms. The second-order valence-corrected chi connectivity index (χ2v) is 3.41. The number of anilines is 1. The van der Waals surface area contributed by atoms with E-state index in [0.717, 1.165) is 11.9 Å². The van der Waals surface area contributed by atoms with Crippen LogP contribution in [0.25, 0.3) is 0 Å². The second kappa shape index (κ2) is 5.00. The van der Waals surface area contributed by atoms with E-state index < -0.39 is 17.1 Å². The van der Waals surface area contributed by atoms with Crippen molar-refractivity contribution < 1.29 is 5.11 Å². The number of hydrogen-bond donors (Lipinski definition) is 4. The molecule has 0 atom stereocenters. The van der Waals surface area contributed by atoms with Crippen molar-refractivity contribution in [2.75, 3.05) is 5.43 Å². The molecule has 1 aromatic carbocycles. The van der Waals surface area contributed by atoms with Crippen LogP contribution in [0.5, 0.6) is 5.88 Å². The Morgan fingerprint density at radius 3 is 2.56 bits per heavy atom. The molecule has 0 spiro atoms. The van der Waals surface area contributed by atoms with Crippen molar-refractivity contribution in [2.45, 2.75) is 0 Å². The number of hydrazone groups is 1. The molecule has 0 aliphatic carbocycles. The lowest BCUT2D eigenvalue weighted by Crippen LogP contribution is -2.25. The summed E-state index contributed by atoms with van der Waals surface area (Å²) in [4.78, 5) is 26.2. The summed E-state index contributed by atoms with van der Waals surface area (Å²) in [5.41, 5.74) is 1.79. The van der Waals surface area contributed by atoms with Gasteiger partial charge in [-0.25, -0.2) is 4.79 Å². The summed E-state index contributed by atoms with van der Waals surface area (Å²) in [5.74, 6) is -0.526. The first kappa shape index (κ1) is 11.6. The summed E-state index contributed by atoms with van der Waals surface area (Å²) in [7, 11) is 0. The van der Waals surface area contributed by atoms with Gasteiger partial charge in [0.15, 0.2) is 0 Å². The summed E-state index contributed by atoms with van der Waals surface area (Å²) in [6.07, 6.45) is 1.12. The normalized spacial score (nSPS) is 10.7. The maximum absolute atomic E-state index is 11.3. The quantitative estimate of drug-likeness (QED) is 0.458. The number of rotatable bonds is 3. The highest BCUT2D eigenvalue weighted by atomic mass is 16.3. The Morgan fingerprint density at radius 2 is 1.89 bits per heavy atom. The molecule has 2 rings (SSSR count). The minimum atomic E-state index is -0.773. The molecule has 0 saturated carbocycles. The van der Waals surface area contributed by atoms with Gasteiger partial charge in [-0.15, -0.1) is 0 Å². The summed E-state index contributed by atoms with van der Waals surface area (Å²) in [6, 6.07) is 9.07. The van der Waals surface area contributed by atoms with Crippen LogP contribution in [0.15, 0.2) is 45.0 Å². The number of aromatic nitrogens is 2. The van der Waals surface area contributed by atoms with E-state index in [-0.39, 0.29) is 5.56 Å². The Balaban J connectivity index is 2.20. The Bertz CT molecular complexity index is 673. The number of nitrogens with zero attached hydrogens (tertiary/aromatic N) is 1. The van der Waals surface area contributed by atoms with Gasteiger partial charge in [0, 0.05) is 0 Å². The smallest absolute Gasteiger partial charge is 0.328 e. The van der Waals surface area contributed by atoms with Crippen LogP contribution >= 0.6 is 0 Å². The number of hydrogen-bond acceptors (Lipinski definition) is 5. The molecule has 0 unspecified atom stereocenters. The number of para-hydroxylation sites is 1. The fourth-order valence-electron chi connectivity index (χ4n) is 1.29. The topological polar surface area (TPSA) is 110 Å². The zero-order valence-corrected chi connectivity index (χ0v) is 9.18. The van der Waals surface area contributed by atoms with Crippen LogP contribution in [0, 0.1) is 0 Å². The molecule has 7 nitrogen and oxygen atoms in total. The SMILES string of the molecule is O=c1[nH]c(O)c(C=NNc2ccccc2)c(=O)[nH]1. The van der Waals surface area contributed by atoms with Crippen LogP contribution in [0.2, 0.25) is 0 Å². The molecule has 0 radical (unpaired) electrons. The molecule has 1 heterocycles. The van der Waals surface area contributed by atoms with E-state index in [1.54, 1.807) is 12.1 Å². The Hall–Kier alpha value is -2.83. The third-order valence-corrected chi connectivity index (χ3v) is 2.12. The van der Waals surface area contributed by atoms with Gasteiger partial charge in [-0.2, -0.15) is 5.10 Å². The van der Waals surface area contributed by atoms with Crippen LogP contribution in [0.3, 0.4) is 0 Å². The van der Waals surface area contributed by atoms with Crippen LogP contribution < -0.4 is 16.7 Å². The van der Waals surface area contributed by atoms with E-state index in [4.69, 9.17) is 0 Å². The third-order valence-electron chi connectivity index (χ3n) is 2.12. The molecule has 7 heteroatoms. The number of aromatic hydroxyl groups is 1. The van der Waals surface area contributed by atoms with E-state index in [0.29, 0.717) is 0 Å². The van der Waals surface area contributed by atoms with Crippen molar-refractivity contribution in [3.8, 4) is 5.88 Å². The van der Waals surface area contributed by atoms with E-state index in [2.05, 4.69) is 15.5 Å². The molecule has 0 aliphatic rings. The summed E-state index contributed by atoms with van der Waals surface area (Å²) in [6.45, 7) is 0. The fourth-order valence-corrected chi connectivity index (χ4v) is 1.29. The summed E-state index contributed by atoms with van der Waals surface area (Å²) in [5, 5.41) is 13.2. The van der Waals surface area contributed by atoms with Crippen molar-refractivity contribution in [1.82, 2.24) is 9.97 Å². The van der Waals surface area contributed by atoms with Crippen molar-refractivity contribution >= 4 is 11.9 Å². The van der Waals surface area contributed by atoms with Crippen LogP contribution in [0.4, 0.5) is 5.69 Å². The molecular weight excluding hydrogens is 236 g/mol. The summed E-state index contributed by atoms with van der Waals surface area (Å²) >= 11 is 0. The molecule has 4 N–H and O–H groups in total. The Morgan fingerprint density at radius 1 is 1.17 bits per heavy atom. The van der Waals surface area contributed by atoms with Gasteiger partial charge in [0.05, 0.1) is 11.9 Å². The number of aromatic amines is 2. The predicted molar refractivity (Wildman–Crippen MR) is 67.0 cm³/mol. The summed E-state index contributed by atoms with van der Waals surface area (Å²) < 4.78 is 0. The van der Waals surface area contributed by atoms with Crippen molar-refractivity contribution in [1.29, 1.82) is 0 Å². The first-order chi connectivity index (χ1) is 8.66. The lowest BCUT2D eigenvalue weighted by molar-refractivity contribution is 0.447. The largest absolute Gasteiger partial charge is 0.494 e. The Labute approximate surface area is 101 Å². The third kappa shape index (κ3) is 2.64. The van der Waals surface area contributed by atoms with Crippen LogP contribution in [-0.4, -0.2) is 21.3 Å². The average molecular weight is 246 g/mol. The van der Waals surface area contributed by atoms with Gasteiger partial charge < -0.3 is 5.11 Å². The van der Waals surface area contributed by atoms with E-state index in [1.165, 1.54) is 0 Å². The molecule has 0 aliphatic heterocycles. The maximum atomic E-state index is 11.3. The number of H-pyrrole nitrogens is 2. The van der Waals surface area contributed by atoms with Gasteiger partial charge in [0.1, 0.15) is 5.56 Å². The molecule has 0 bridgehead atoms. The fraction of sp³-hybridized carbons (Fsp3) is 0. The highest BCUT2D eigenvalue weighted by Gasteiger charge is 2.04. The van der Waals surface area contributed by atoms with Crippen LogP contribution in [0.1, 0.15) is 5.56 Å². The van der Waals surface area contributed by atoms with Gasteiger partial charge in [0.2, 0.25) is 5.88 Å². The molecule has 92 valence electrons. The molecular formula is C11H10N4O3. The molecule has 0 fully saturated rings. The first-order valence-electron chi connectivity index (χ1n) is 5.06. The van der Waals surface area contributed by atoms with Crippen molar-refractivity contribution in [3.63, 3.8) is 0 Å². The molecule has 0 saturated heterocycles.